The van der Waals surface area contributed by atoms with Gasteiger partial charge in [-0.15, -0.1) is 11.3 Å². The Morgan fingerprint density at radius 2 is 1.57 bits per heavy atom. The lowest BCUT2D eigenvalue weighted by molar-refractivity contribution is -0.130. The van der Waals surface area contributed by atoms with Crippen molar-refractivity contribution in [2.45, 2.75) is 32.1 Å². The highest BCUT2D eigenvalue weighted by Gasteiger charge is 2.54. The van der Waals surface area contributed by atoms with Crippen LogP contribution >= 0.6 is 11.3 Å². The van der Waals surface area contributed by atoms with Crippen LogP contribution in [0.2, 0.25) is 0 Å². The monoisotopic (exact) mass is 574 g/mol. The molecule has 1 N–H and O–H groups in total. The van der Waals surface area contributed by atoms with E-state index in [4.69, 9.17) is 4.98 Å². The first-order valence-electron chi connectivity index (χ1n) is 14.3. The van der Waals surface area contributed by atoms with Gasteiger partial charge in [0.25, 0.3) is 5.91 Å². The molecule has 8 heteroatoms. The average Bonchev–Trinajstić information content (AvgIpc) is 3.49. The zero-order valence-electron chi connectivity index (χ0n) is 23.5. The number of nitrogens with one attached hydrogen (secondary N) is 1. The number of amides is 3. The van der Waals surface area contributed by atoms with Crippen LogP contribution in [0.5, 0.6) is 0 Å². The molecule has 1 aromatic heterocycles. The minimum Gasteiger partial charge on any atom is -0.339 e. The molecule has 3 amide bonds. The van der Waals surface area contributed by atoms with Crippen LogP contribution in [-0.4, -0.2) is 58.7 Å². The van der Waals surface area contributed by atoms with Crippen LogP contribution in [0.3, 0.4) is 0 Å². The molecule has 0 spiro atoms. The molecule has 7 nitrogen and oxygen atoms in total. The number of fused-ring (bicyclic) bond motifs is 1. The van der Waals surface area contributed by atoms with Gasteiger partial charge in [-0.3, -0.25) is 14.4 Å². The molecule has 8 rings (SSSR count). The Bertz CT molecular complexity index is 1680. The summed E-state index contributed by atoms with van der Waals surface area (Å²) < 4.78 is 0. The van der Waals surface area contributed by atoms with Crippen molar-refractivity contribution < 1.29 is 14.4 Å². The first-order chi connectivity index (χ1) is 20.3. The molecule has 0 radical (unpaired) electrons. The fraction of sp³-hybridized carbons (Fsp3) is 0.294. The molecule has 42 heavy (non-hydrogen) atoms. The number of hydrogen-bond donors (Lipinski definition) is 1. The summed E-state index contributed by atoms with van der Waals surface area (Å²) in [6, 6.07) is 26.5. The summed E-state index contributed by atoms with van der Waals surface area (Å²) in [5.74, 6) is 0.0390. The summed E-state index contributed by atoms with van der Waals surface area (Å²) in [4.78, 5) is 47.0. The van der Waals surface area contributed by atoms with Crippen LogP contribution in [0.1, 0.15) is 64.7 Å². The molecular weight excluding hydrogens is 544 g/mol. The summed E-state index contributed by atoms with van der Waals surface area (Å²) >= 11 is 1.36. The van der Waals surface area contributed by atoms with Crippen LogP contribution in [0.15, 0.2) is 66.0 Å². The Hall–Kier alpha value is -4.48. The van der Waals surface area contributed by atoms with E-state index in [1.54, 1.807) is 28.9 Å². The van der Waals surface area contributed by atoms with Crippen LogP contribution in [0.25, 0.3) is 11.3 Å². The summed E-state index contributed by atoms with van der Waals surface area (Å²) in [6.07, 6.45) is 0.739. The van der Waals surface area contributed by atoms with E-state index in [-0.39, 0.29) is 29.6 Å². The van der Waals surface area contributed by atoms with Crippen molar-refractivity contribution in [3.8, 4) is 11.3 Å². The fourth-order valence-electron chi connectivity index (χ4n) is 6.98. The first kappa shape index (κ1) is 26.4. The Morgan fingerprint density at radius 1 is 0.952 bits per heavy atom. The van der Waals surface area contributed by atoms with Crippen LogP contribution in [-0.2, 0) is 9.59 Å². The maximum Gasteiger partial charge on any atom is 0.254 e. The predicted molar refractivity (Wildman–Crippen MR) is 161 cm³/mol. The third-order valence-electron chi connectivity index (χ3n) is 9.14. The van der Waals surface area contributed by atoms with E-state index in [9.17, 15) is 14.4 Å². The largest absolute Gasteiger partial charge is 0.339 e. The van der Waals surface area contributed by atoms with E-state index in [0.717, 1.165) is 6.42 Å². The average molecular weight is 575 g/mol. The maximum atomic E-state index is 14.0. The van der Waals surface area contributed by atoms with Gasteiger partial charge in [0.2, 0.25) is 11.8 Å². The molecule has 1 atom stereocenters. The zero-order chi connectivity index (χ0) is 29.0. The van der Waals surface area contributed by atoms with Crippen molar-refractivity contribution >= 4 is 34.2 Å². The van der Waals surface area contributed by atoms with Gasteiger partial charge in [0.1, 0.15) is 0 Å². The van der Waals surface area contributed by atoms with Gasteiger partial charge in [-0.2, -0.15) is 0 Å². The normalized spacial score (nSPS) is 22.1. The molecule has 210 valence electrons. The number of hydrogen-bond acceptors (Lipinski definition) is 5. The topological polar surface area (TPSA) is 82.6 Å². The molecule has 2 bridgehead atoms. The minimum absolute atomic E-state index is 0.0260. The highest BCUT2D eigenvalue weighted by molar-refractivity contribution is 7.14. The number of rotatable bonds is 4. The van der Waals surface area contributed by atoms with Crippen LogP contribution in [0.4, 0.5) is 5.13 Å². The van der Waals surface area contributed by atoms with E-state index in [1.165, 1.54) is 33.6 Å². The van der Waals surface area contributed by atoms with Crippen molar-refractivity contribution in [1.29, 1.82) is 0 Å². The van der Waals surface area contributed by atoms with E-state index >= 15 is 0 Å². The standard InChI is InChI=1S/C34H30N4O3S/c1-21(39)37-14-16-38(17-15-37)31(40)23-9-7-8-22(18-23)29-20-42-33(35-29)36-32(41)34(2)19-28-24-10-3-5-12-26(24)30(34)27-13-6-4-11-25(27)28/h3-6,9-13,18,20,28,30H,14-17,19H2,1-2H3,(H,35,36,41). The minimum atomic E-state index is -0.627. The molecular formula is C34H30N4O3S. The molecule has 4 aliphatic rings. The smallest absolute Gasteiger partial charge is 0.254 e. The van der Waals surface area contributed by atoms with Gasteiger partial charge in [0, 0.05) is 61.9 Å². The zero-order valence-corrected chi connectivity index (χ0v) is 24.3. The van der Waals surface area contributed by atoms with Gasteiger partial charge in [-0.1, -0.05) is 60.7 Å². The number of benzene rings is 2. The summed E-state index contributed by atoms with van der Waals surface area (Å²) in [6.45, 7) is 5.68. The van der Waals surface area contributed by atoms with Gasteiger partial charge in [0.15, 0.2) is 5.13 Å². The van der Waals surface area contributed by atoms with Gasteiger partial charge in [-0.05, 0) is 41.7 Å². The molecule has 1 saturated heterocycles. The lowest BCUT2D eigenvalue weighted by Gasteiger charge is -2.50. The third-order valence-corrected chi connectivity index (χ3v) is 9.90. The second-order valence-electron chi connectivity index (χ2n) is 11.6. The summed E-state index contributed by atoms with van der Waals surface area (Å²) in [7, 11) is 0. The van der Waals surface area contributed by atoms with Gasteiger partial charge in [0.05, 0.1) is 16.7 Å². The maximum absolute atomic E-state index is 14.0. The molecule has 3 aromatic carbocycles. The van der Waals surface area contributed by atoms with E-state index < -0.39 is 5.41 Å². The second kappa shape index (κ2) is 10.1. The Balaban J connectivity index is 1.10. The first-order valence-corrected chi connectivity index (χ1v) is 15.1. The molecule has 4 aromatic rings. The fourth-order valence-corrected chi connectivity index (χ4v) is 7.68. The van der Waals surface area contributed by atoms with E-state index in [0.29, 0.717) is 48.1 Å². The van der Waals surface area contributed by atoms with Gasteiger partial charge < -0.3 is 15.1 Å². The van der Waals surface area contributed by atoms with Crippen molar-refractivity contribution in [3.63, 3.8) is 0 Å². The van der Waals surface area contributed by atoms with E-state index in [2.05, 4.69) is 72.9 Å². The van der Waals surface area contributed by atoms with Gasteiger partial charge in [-0.25, -0.2) is 4.98 Å². The van der Waals surface area contributed by atoms with Crippen molar-refractivity contribution in [2.24, 2.45) is 5.41 Å². The van der Waals surface area contributed by atoms with Crippen molar-refractivity contribution in [3.05, 3.63) is 106 Å². The van der Waals surface area contributed by atoms with Crippen molar-refractivity contribution in [2.75, 3.05) is 31.5 Å². The Morgan fingerprint density at radius 3 is 2.21 bits per heavy atom. The van der Waals surface area contributed by atoms with Gasteiger partial charge >= 0.3 is 0 Å². The van der Waals surface area contributed by atoms with E-state index in [1.807, 2.05) is 5.38 Å². The molecule has 1 aliphatic heterocycles. The second-order valence-corrected chi connectivity index (χ2v) is 12.4. The molecule has 1 unspecified atom stereocenters. The van der Waals surface area contributed by atoms with Crippen LogP contribution < -0.4 is 5.32 Å². The number of nitrogens with zero attached hydrogens (tertiary/aromatic N) is 3. The lowest BCUT2D eigenvalue weighted by Crippen LogP contribution is -2.50. The number of carbonyl (C=O) groups excluding carboxylic acids is 3. The number of piperazine rings is 1. The Kier molecular flexibility index (Phi) is 6.36. The molecule has 3 aliphatic carbocycles. The quantitative estimate of drug-likeness (QED) is 0.357. The number of thiazole rings is 1. The van der Waals surface area contributed by atoms with Crippen LogP contribution in [0, 0.1) is 17.5 Å². The SMILES string of the molecule is CC(=O)N1CCN(C(=O)c2cc#cc(-c3csc(NC(=O)C4(C)CC5c6ccccc6C4c4ccccc45)n3)c2)CC1. The molecule has 2 heterocycles. The highest BCUT2D eigenvalue weighted by atomic mass is 32.1. The highest BCUT2D eigenvalue weighted by Crippen LogP contribution is 2.61. The number of aromatic nitrogens is 1. The lowest BCUT2D eigenvalue weighted by atomic mass is 9.52. The third kappa shape index (κ3) is 4.27. The van der Waals surface area contributed by atoms with Crippen molar-refractivity contribution in [1.82, 2.24) is 14.8 Å². The Labute approximate surface area is 249 Å². The molecule has 0 saturated carbocycles. The molecule has 1 fully saturated rings. The number of anilines is 1. The summed E-state index contributed by atoms with van der Waals surface area (Å²) in [5, 5.41) is 5.52. The summed E-state index contributed by atoms with van der Waals surface area (Å²) in [5.41, 5.74) is 6.27. The predicted octanol–water partition coefficient (Wildman–Crippen LogP) is 5.34. The number of carbonyl (C=O) groups is 3.